The first-order chi connectivity index (χ1) is 14.8. The Hall–Kier alpha value is -0.380. The molecule has 0 aromatic carbocycles. The van der Waals surface area contributed by atoms with Crippen molar-refractivity contribution in [3.63, 3.8) is 0 Å². The molecule has 3 nitrogen and oxygen atoms in total. The highest BCUT2D eigenvalue weighted by Crippen LogP contribution is 2.68. The van der Waals surface area contributed by atoms with Gasteiger partial charge in [0, 0.05) is 6.61 Å². The Kier molecular flexibility index (Phi) is 4.99. The summed E-state index contributed by atoms with van der Waals surface area (Å²) in [7, 11) is 0. The van der Waals surface area contributed by atoms with Crippen LogP contribution in [0.2, 0.25) is 0 Å². The predicted molar refractivity (Wildman–Crippen MR) is 123 cm³/mol. The SMILES string of the molecule is CC1CCC(C2OC3CC4C5CCC6CC(O)CCC6(C)C5=CCC4(C)C3C2C)OC1. The van der Waals surface area contributed by atoms with E-state index in [0.717, 1.165) is 31.3 Å². The third-order valence-electron chi connectivity index (χ3n) is 11.4. The van der Waals surface area contributed by atoms with E-state index >= 15 is 0 Å². The van der Waals surface area contributed by atoms with Crippen LogP contribution in [0.1, 0.15) is 85.5 Å². The second-order valence-corrected chi connectivity index (χ2v) is 13.0. The molecule has 12 unspecified atom stereocenters. The monoisotopic (exact) mass is 428 g/mol. The zero-order chi connectivity index (χ0) is 21.5. The van der Waals surface area contributed by atoms with Crippen molar-refractivity contribution in [1.29, 1.82) is 0 Å². The summed E-state index contributed by atoms with van der Waals surface area (Å²) in [5.74, 6) is 4.21. The second-order valence-electron chi connectivity index (χ2n) is 13.0. The first-order valence-electron chi connectivity index (χ1n) is 13.5. The molecule has 6 rings (SSSR count). The van der Waals surface area contributed by atoms with Gasteiger partial charge in [0.05, 0.1) is 24.4 Å². The van der Waals surface area contributed by atoms with Crippen LogP contribution in [0.25, 0.3) is 0 Å². The van der Waals surface area contributed by atoms with Gasteiger partial charge in [-0.05, 0) is 104 Å². The Morgan fingerprint density at radius 1 is 1.00 bits per heavy atom. The van der Waals surface area contributed by atoms with Gasteiger partial charge in [0.2, 0.25) is 0 Å². The molecule has 2 saturated heterocycles. The van der Waals surface area contributed by atoms with Crippen molar-refractivity contribution in [3.8, 4) is 0 Å². The first-order valence-corrected chi connectivity index (χ1v) is 13.5. The van der Waals surface area contributed by atoms with Gasteiger partial charge in [-0.2, -0.15) is 0 Å². The van der Waals surface area contributed by atoms with E-state index in [1.165, 1.54) is 44.9 Å². The lowest BCUT2D eigenvalue weighted by atomic mass is 9.48. The minimum Gasteiger partial charge on any atom is -0.393 e. The number of allylic oxidation sites excluding steroid dienone is 2. The minimum absolute atomic E-state index is 0.0638. The molecule has 5 fully saturated rings. The summed E-state index contributed by atoms with van der Waals surface area (Å²) in [6.45, 7) is 10.8. The first kappa shape index (κ1) is 21.2. The third kappa shape index (κ3) is 3.01. The molecule has 4 aliphatic carbocycles. The molecule has 2 heterocycles. The van der Waals surface area contributed by atoms with Gasteiger partial charge in [-0.1, -0.05) is 39.3 Å². The maximum atomic E-state index is 10.3. The van der Waals surface area contributed by atoms with Crippen LogP contribution in [0.15, 0.2) is 11.6 Å². The molecule has 0 aromatic rings. The Balaban J connectivity index is 1.25. The van der Waals surface area contributed by atoms with Crippen molar-refractivity contribution in [2.45, 2.75) is 110 Å². The molecule has 0 spiro atoms. The highest BCUT2D eigenvalue weighted by molar-refractivity contribution is 5.30. The molecule has 0 radical (unpaired) electrons. The molecule has 0 aromatic heterocycles. The van der Waals surface area contributed by atoms with Crippen LogP contribution in [-0.2, 0) is 9.47 Å². The van der Waals surface area contributed by atoms with Crippen LogP contribution in [0, 0.1) is 46.3 Å². The Labute approximate surface area is 189 Å². The van der Waals surface area contributed by atoms with Crippen LogP contribution in [0.4, 0.5) is 0 Å². The fourth-order valence-electron chi connectivity index (χ4n) is 9.73. The average Bonchev–Trinajstić information content (AvgIpc) is 3.23. The third-order valence-corrected chi connectivity index (χ3v) is 11.4. The normalized spacial score (nSPS) is 58.7. The van der Waals surface area contributed by atoms with Gasteiger partial charge in [0.1, 0.15) is 0 Å². The van der Waals surface area contributed by atoms with E-state index in [4.69, 9.17) is 9.47 Å². The number of hydrogen-bond donors (Lipinski definition) is 1. The minimum atomic E-state index is -0.0638. The summed E-state index contributed by atoms with van der Waals surface area (Å²) in [6, 6.07) is 0. The molecule has 0 amide bonds. The van der Waals surface area contributed by atoms with Gasteiger partial charge in [-0.25, -0.2) is 0 Å². The number of aliphatic hydroxyl groups is 1. The van der Waals surface area contributed by atoms with Crippen molar-refractivity contribution in [2.75, 3.05) is 6.61 Å². The fourth-order valence-corrected chi connectivity index (χ4v) is 9.73. The van der Waals surface area contributed by atoms with Gasteiger partial charge in [-0.3, -0.25) is 0 Å². The van der Waals surface area contributed by atoms with Gasteiger partial charge in [0.15, 0.2) is 0 Å². The molecule has 3 saturated carbocycles. The van der Waals surface area contributed by atoms with Gasteiger partial charge >= 0.3 is 0 Å². The van der Waals surface area contributed by atoms with E-state index in [1.54, 1.807) is 5.57 Å². The molecular weight excluding hydrogens is 384 g/mol. The Morgan fingerprint density at radius 2 is 1.84 bits per heavy atom. The average molecular weight is 429 g/mol. The Bertz CT molecular complexity index is 739. The summed E-state index contributed by atoms with van der Waals surface area (Å²) in [5, 5.41) is 10.3. The lowest BCUT2D eigenvalue weighted by Gasteiger charge is -2.57. The molecule has 12 atom stereocenters. The smallest absolute Gasteiger partial charge is 0.0869 e. The molecule has 6 aliphatic rings. The lowest BCUT2D eigenvalue weighted by Crippen LogP contribution is -2.49. The van der Waals surface area contributed by atoms with Crippen LogP contribution in [0.5, 0.6) is 0 Å². The molecule has 1 N–H and O–H groups in total. The summed E-state index contributed by atoms with van der Waals surface area (Å²) in [6.07, 6.45) is 14.5. The predicted octanol–water partition coefficient (Wildman–Crippen LogP) is 5.75. The molecule has 3 heteroatoms. The Morgan fingerprint density at radius 3 is 2.61 bits per heavy atom. The lowest BCUT2D eigenvalue weighted by molar-refractivity contribution is -0.111. The number of hydrogen-bond acceptors (Lipinski definition) is 3. The van der Waals surface area contributed by atoms with Crippen molar-refractivity contribution >= 4 is 0 Å². The van der Waals surface area contributed by atoms with Crippen LogP contribution in [-0.4, -0.2) is 36.1 Å². The van der Waals surface area contributed by atoms with E-state index in [2.05, 4.69) is 33.8 Å². The van der Waals surface area contributed by atoms with Crippen molar-refractivity contribution in [3.05, 3.63) is 11.6 Å². The summed E-state index contributed by atoms with van der Waals surface area (Å²) >= 11 is 0. The number of rotatable bonds is 1. The number of aliphatic hydroxyl groups excluding tert-OH is 1. The highest BCUT2D eigenvalue weighted by atomic mass is 16.6. The number of ether oxygens (including phenoxy) is 2. The van der Waals surface area contributed by atoms with E-state index in [0.29, 0.717) is 52.8 Å². The highest BCUT2D eigenvalue weighted by Gasteiger charge is 2.64. The maximum absolute atomic E-state index is 10.3. The summed E-state index contributed by atoms with van der Waals surface area (Å²) in [5.41, 5.74) is 2.50. The quantitative estimate of drug-likeness (QED) is 0.540. The van der Waals surface area contributed by atoms with E-state index in [9.17, 15) is 5.11 Å². The molecule has 174 valence electrons. The van der Waals surface area contributed by atoms with E-state index in [-0.39, 0.29) is 6.10 Å². The standard InChI is InChI=1S/C28H44O3/c1-16-5-8-23(30-15-16)26-17(2)25-24(31-26)14-22-20-7-6-18-13-19(29)9-11-27(18,3)21(20)10-12-28(22,25)4/h10,16-20,22-26,29H,5-9,11-15H2,1-4H3. The zero-order valence-electron chi connectivity index (χ0n) is 20.2. The van der Waals surface area contributed by atoms with E-state index in [1.807, 2.05) is 0 Å². The van der Waals surface area contributed by atoms with Crippen molar-refractivity contribution < 1.29 is 14.6 Å². The molecule has 2 aliphatic heterocycles. The van der Waals surface area contributed by atoms with Gasteiger partial charge < -0.3 is 14.6 Å². The van der Waals surface area contributed by atoms with Crippen LogP contribution >= 0.6 is 0 Å². The van der Waals surface area contributed by atoms with Crippen molar-refractivity contribution in [1.82, 2.24) is 0 Å². The van der Waals surface area contributed by atoms with E-state index < -0.39 is 0 Å². The summed E-state index contributed by atoms with van der Waals surface area (Å²) in [4.78, 5) is 0. The second kappa shape index (κ2) is 7.31. The maximum Gasteiger partial charge on any atom is 0.0869 e. The van der Waals surface area contributed by atoms with Crippen LogP contribution < -0.4 is 0 Å². The molecule has 0 bridgehead atoms. The van der Waals surface area contributed by atoms with Gasteiger partial charge in [0.25, 0.3) is 0 Å². The molecular formula is C28H44O3. The van der Waals surface area contributed by atoms with Crippen molar-refractivity contribution in [2.24, 2.45) is 46.3 Å². The fraction of sp³-hybridized carbons (Fsp3) is 0.929. The summed E-state index contributed by atoms with van der Waals surface area (Å²) < 4.78 is 13.2. The largest absolute Gasteiger partial charge is 0.393 e. The topological polar surface area (TPSA) is 38.7 Å². The zero-order valence-corrected chi connectivity index (χ0v) is 20.2. The van der Waals surface area contributed by atoms with Gasteiger partial charge in [-0.15, -0.1) is 0 Å². The van der Waals surface area contributed by atoms with Crippen LogP contribution in [0.3, 0.4) is 0 Å². The number of fused-ring (bicyclic) bond motifs is 7. The molecule has 31 heavy (non-hydrogen) atoms.